The highest BCUT2D eigenvalue weighted by molar-refractivity contribution is 9.10. The Morgan fingerprint density at radius 2 is 1.79 bits per heavy atom. The number of nitrogens with one attached hydrogen (secondary N) is 1. The number of rotatable bonds is 8. The molecule has 0 radical (unpaired) electrons. The van der Waals surface area contributed by atoms with Crippen LogP contribution >= 0.6 is 27.3 Å². The fourth-order valence-corrected chi connectivity index (χ4v) is 4.73. The summed E-state index contributed by atoms with van der Waals surface area (Å²) in [6, 6.07) is 19.2. The van der Waals surface area contributed by atoms with Crippen molar-refractivity contribution >= 4 is 49.4 Å². The van der Waals surface area contributed by atoms with Crippen molar-refractivity contribution in [3.8, 4) is 0 Å². The molecule has 0 spiro atoms. The van der Waals surface area contributed by atoms with E-state index in [-0.39, 0.29) is 18.0 Å². The van der Waals surface area contributed by atoms with Crippen molar-refractivity contribution in [2.24, 2.45) is 5.10 Å². The minimum Gasteiger partial charge on any atom is -0.272 e. The normalized spacial score (nSPS) is 11.8. The lowest BCUT2D eigenvalue weighted by Gasteiger charge is -2.21. The zero-order valence-corrected chi connectivity index (χ0v) is 18.5. The first kappa shape index (κ1) is 21.4. The van der Waals surface area contributed by atoms with E-state index in [0.717, 1.165) is 19.2 Å². The molecule has 0 unspecified atom stereocenters. The van der Waals surface area contributed by atoms with Crippen molar-refractivity contribution in [1.82, 2.24) is 9.73 Å². The summed E-state index contributed by atoms with van der Waals surface area (Å²) in [4.78, 5) is 13.4. The molecule has 1 N–H and O–H groups in total. The number of sulfonamides is 1. The number of amides is 1. The first-order valence-electron chi connectivity index (χ1n) is 8.60. The lowest BCUT2D eigenvalue weighted by atomic mass is 10.2. The molecule has 0 aliphatic heterocycles. The Hall–Kier alpha value is -2.33. The van der Waals surface area contributed by atoms with Gasteiger partial charge in [0, 0.05) is 15.9 Å². The molecule has 150 valence electrons. The number of hydrazone groups is 1. The third kappa shape index (κ3) is 6.07. The van der Waals surface area contributed by atoms with Crippen LogP contribution in [-0.4, -0.2) is 31.4 Å². The van der Waals surface area contributed by atoms with Gasteiger partial charge in [0.1, 0.15) is 0 Å². The molecule has 3 rings (SSSR count). The molecule has 0 bridgehead atoms. The van der Waals surface area contributed by atoms with E-state index in [2.05, 4.69) is 26.5 Å². The molecular formula is C20H18BrN3O3S2. The Balaban J connectivity index is 1.78. The highest BCUT2D eigenvalue weighted by atomic mass is 79.9. The molecule has 2 aromatic carbocycles. The summed E-state index contributed by atoms with van der Waals surface area (Å²) in [5.74, 6) is -0.519. The number of hydrogen-bond donors (Lipinski definition) is 1. The van der Waals surface area contributed by atoms with Crippen molar-refractivity contribution < 1.29 is 13.2 Å². The standard InChI is InChI=1S/C20H18BrN3O3S2/c21-17-8-10-19(11-9-17)29(26,27)24(14-16-5-2-1-3-6-16)15-20(25)23-22-13-18-7-4-12-28-18/h1-13H,14-15H2,(H,23,25)/b22-13+. The SMILES string of the molecule is O=C(CN(Cc1ccccc1)S(=O)(=O)c1ccc(Br)cc1)N/N=C/c1cccs1. The minimum absolute atomic E-state index is 0.0707. The maximum atomic E-state index is 13.1. The van der Waals surface area contributed by atoms with Crippen LogP contribution in [0.5, 0.6) is 0 Å². The summed E-state index contributed by atoms with van der Waals surface area (Å²) in [6.45, 7) is -0.281. The van der Waals surface area contributed by atoms with E-state index in [4.69, 9.17) is 0 Å². The zero-order chi connectivity index (χ0) is 20.7. The molecule has 9 heteroatoms. The van der Waals surface area contributed by atoms with Crippen LogP contribution in [0.2, 0.25) is 0 Å². The maximum absolute atomic E-state index is 13.1. The van der Waals surface area contributed by atoms with Crippen LogP contribution in [0.4, 0.5) is 0 Å². The van der Waals surface area contributed by atoms with Crippen LogP contribution in [0.3, 0.4) is 0 Å². The largest absolute Gasteiger partial charge is 0.272 e. The molecule has 6 nitrogen and oxygen atoms in total. The highest BCUT2D eigenvalue weighted by Gasteiger charge is 2.26. The molecule has 3 aromatic rings. The van der Waals surface area contributed by atoms with Gasteiger partial charge >= 0.3 is 0 Å². The van der Waals surface area contributed by atoms with Gasteiger partial charge in [-0.25, -0.2) is 13.8 Å². The summed E-state index contributed by atoms with van der Waals surface area (Å²) < 4.78 is 28.2. The molecule has 0 aliphatic carbocycles. The quantitative estimate of drug-likeness (QED) is 0.383. The van der Waals surface area contributed by atoms with E-state index in [1.54, 1.807) is 12.1 Å². The molecule has 1 aromatic heterocycles. The minimum atomic E-state index is -3.88. The van der Waals surface area contributed by atoms with E-state index in [1.807, 2.05) is 47.8 Å². The van der Waals surface area contributed by atoms with E-state index < -0.39 is 15.9 Å². The van der Waals surface area contributed by atoms with Crippen LogP contribution in [-0.2, 0) is 21.4 Å². The van der Waals surface area contributed by atoms with E-state index in [9.17, 15) is 13.2 Å². The van der Waals surface area contributed by atoms with Crippen molar-refractivity contribution in [2.45, 2.75) is 11.4 Å². The Labute approximate surface area is 182 Å². The summed E-state index contributed by atoms with van der Waals surface area (Å²) in [5, 5.41) is 5.80. The van der Waals surface area contributed by atoms with Crippen LogP contribution in [0.25, 0.3) is 0 Å². The molecular weight excluding hydrogens is 474 g/mol. The maximum Gasteiger partial charge on any atom is 0.255 e. The van der Waals surface area contributed by atoms with Crippen LogP contribution in [0.1, 0.15) is 10.4 Å². The van der Waals surface area contributed by atoms with Gasteiger partial charge in [-0.15, -0.1) is 11.3 Å². The van der Waals surface area contributed by atoms with Gasteiger partial charge in [-0.1, -0.05) is 52.3 Å². The van der Waals surface area contributed by atoms with Gasteiger partial charge in [0.25, 0.3) is 5.91 Å². The van der Waals surface area contributed by atoms with Crippen molar-refractivity contribution in [3.63, 3.8) is 0 Å². The van der Waals surface area contributed by atoms with Crippen molar-refractivity contribution in [3.05, 3.63) is 87.0 Å². The number of hydrogen-bond acceptors (Lipinski definition) is 5. The van der Waals surface area contributed by atoms with E-state index in [1.165, 1.54) is 29.7 Å². The van der Waals surface area contributed by atoms with Gasteiger partial charge in [0.05, 0.1) is 17.7 Å². The number of benzene rings is 2. The summed E-state index contributed by atoms with van der Waals surface area (Å²) in [6.07, 6.45) is 1.52. The smallest absolute Gasteiger partial charge is 0.255 e. The fraction of sp³-hybridized carbons (Fsp3) is 0.100. The first-order valence-corrected chi connectivity index (χ1v) is 11.7. The van der Waals surface area contributed by atoms with Crippen LogP contribution in [0, 0.1) is 0 Å². The molecule has 0 atom stereocenters. The predicted molar refractivity (Wildman–Crippen MR) is 118 cm³/mol. The lowest BCUT2D eigenvalue weighted by Crippen LogP contribution is -2.39. The third-order valence-corrected chi connectivity index (χ3v) is 7.04. The average Bonchev–Trinajstić information content (AvgIpc) is 3.22. The fourth-order valence-electron chi connectivity index (χ4n) is 2.50. The summed E-state index contributed by atoms with van der Waals surface area (Å²) in [7, 11) is -3.88. The van der Waals surface area contributed by atoms with Crippen molar-refractivity contribution in [2.75, 3.05) is 6.54 Å². The van der Waals surface area contributed by atoms with Gasteiger partial charge < -0.3 is 0 Å². The second-order valence-electron chi connectivity index (χ2n) is 6.02. The van der Waals surface area contributed by atoms with Crippen molar-refractivity contribution in [1.29, 1.82) is 0 Å². The Bertz CT molecular complexity index is 1070. The molecule has 29 heavy (non-hydrogen) atoms. The highest BCUT2D eigenvalue weighted by Crippen LogP contribution is 2.20. The topological polar surface area (TPSA) is 78.8 Å². The molecule has 0 fully saturated rings. The average molecular weight is 492 g/mol. The Morgan fingerprint density at radius 3 is 2.45 bits per heavy atom. The number of carbonyl (C=O) groups is 1. The Morgan fingerprint density at radius 1 is 1.07 bits per heavy atom. The summed E-state index contributed by atoms with van der Waals surface area (Å²) in [5.41, 5.74) is 3.17. The number of carbonyl (C=O) groups excluding carboxylic acids is 1. The molecule has 1 heterocycles. The zero-order valence-electron chi connectivity index (χ0n) is 15.2. The molecule has 0 saturated carbocycles. The van der Waals surface area contributed by atoms with Gasteiger partial charge in [-0.3, -0.25) is 4.79 Å². The van der Waals surface area contributed by atoms with E-state index in [0.29, 0.717) is 0 Å². The predicted octanol–water partition coefficient (Wildman–Crippen LogP) is 3.85. The summed E-state index contributed by atoms with van der Waals surface area (Å²) >= 11 is 4.78. The second kappa shape index (κ2) is 9.93. The second-order valence-corrected chi connectivity index (χ2v) is 9.85. The first-order chi connectivity index (χ1) is 13.9. The third-order valence-electron chi connectivity index (χ3n) is 3.90. The number of nitrogens with zero attached hydrogens (tertiary/aromatic N) is 2. The van der Waals surface area contributed by atoms with Gasteiger partial charge in [-0.2, -0.15) is 9.41 Å². The molecule has 0 saturated heterocycles. The lowest BCUT2D eigenvalue weighted by molar-refractivity contribution is -0.121. The van der Waals surface area contributed by atoms with Crippen LogP contribution in [0.15, 0.2) is 86.6 Å². The Kier molecular flexibility index (Phi) is 7.32. The monoisotopic (exact) mass is 491 g/mol. The number of thiophene rings is 1. The van der Waals surface area contributed by atoms with Gasteiger partial charge in [0.2, 0.25) is 10.0 Å². The molecule has 1 amide bonds. The molecule has 0 aliphatic rings. The van der Waals surface area contributed by atoms with Gasteiger partial charge in [-0.05, 0) is 41.3 Å². The van der Waals surface area contributed by atoms with E-state index >= 15 is 0 Å². The number of halogens is 1. The van der Waals surface area contributed by atoms with Crippen LogP contribution < -0.4 is 5.43 Å². The van der Waals surface area contributed by atoms with Gasteiger partial charge in [0.15, 0.2) is 0 Å².